The normalized spacial score (nSPS) is 11.3. The molecule has 2 N–H and O–H groups in total. The summed E-state index contributed by atoms with van der Waals surface area (Å²) in [6.07, 6.45) is -4.46. The average Bonchev–Trinajstić information content (AvgIpc) is 3.11. The lowest BCUT2D eigenvalue weighted by atomic mass is 10.1. The second kappa shape index (κ2) is 7.62. The molecule has 0 aliphatic rings. The number of amides is 2. The number of benzene rings is 2. The summed E-state index contributed by atoms with van der Waals surface area (Å²) in [5.41, 5.74) is -0.748. The van der Waals surface area contributed by atoms with Crippen molar-refractivity contribution in [3.8, 4) is 11.4 Å². The SMILES string of the molecule is O=C(NCc1nc(-c2ccc(C(F)(F)F)cc2)no1)Nc1ccc(F)cc1F. The first-order chi connectivity index (χ1) is 13.2. The van der Waals surface area contributed by atoms with Crippen LogP contribution in [0.2, 0.25) is 0 Å². The Labute approximate surface area is 154 Å². The van der Waals surface area contributed by atoms with Crippen molar-refractivity contribution in [2.75, 3.05) is 5.32 Å². The van der Waals surface area contributed by atoms with Gasteiger partial charge in [-0.1, -0.05) is 17.3 Å². The third-order valence-corrected chi connectivity index (χ3v) is 3.52. The summed E-state index contributed by atoms with van der Waals surface area (Å²) in [7, 11) is 0. The van der Waals surface area contributed by atoms with Crippen LogP contribution >= 0.6 is 0 Å². The van der Waals surface area contributed by atoms with Crippen LogP contribution in [-0.4, -0.2) is 16.2 Å². The van der Waals surface area contributed by atoms with Crippen LogP contribution in [0.5, 0.6) is 0 Å². The van der Waals surface area contributed by atoms with E-state index in [1.807, 2.05) is 0 Å². The van der Waals surface area contributed by atoms with E-state index in [1.165, 1.54) is 12.1 Å². The molecular formula is C17H11F5N4O2. The van der Waals surface area contributed by atoms with Crippen LogP contribution < -0.4 is 10.6 Å². The van der Waals surface area contributed by atoms with Crippen molar-refractivity contribution < 1.29 is 31.3 Å². The van der Waals surface area contributed by atoms with Crippen LogP contribution in [0.1, 0.15) is 11.5 Å². The van der Waals surface area contributed by atoms with Crippen LogP contribution in [-0.2, 0) is 12.7 Å². The molecule has 0 aliphatic carbocycles. The van der Waals surface area contributed by atoms with Gasteiger partial charge in [0.05, 0.1) is 17.8 Å². The first-order valence-corrected chi connectivity index (χ1v) is 7.72. The predicted molar refractivity (Wildman–Crippen MR) is 87.0 cm³/mol. The Hall–Kier alpha value is -3.50. The van der Waals surface area contributed by atoms with E-state index in [2.05, 4.69) is 20.8 Å². The number of halogens is 5. The Morgan fingerprint density at radius 1 is 1.07 bits per heavy atom. The van der Waals surface area contributed by atoms with E-state index in [9.17, 15) is 26.7 Å². The first-order valence-electron chi connectivity index (χ1n) is 7.72. The number of hydrogen-bond donors (Lipinski definition) is 2. The number of hydrogen-bond acceptors (Lipinski definition) is 4. The van der Waals surface area contributed by atoms with E-state index in [4.69, 9.17) is 4.52 Å². The van der Waals surface area contributed by atoms with Gasteiger partial charge in [0.1, 0.15) is 11.6 Å². The van der Waals surface area contributed by atoms with Crippen molar-refractivity contribution in [1.82, 2.24) is 15.5 Å². The smallest absolute Gasteiger partial charge is 0.337 e. The van der Waals surface area contributed by atoms with Gasteiger partial charge in [0.2, 0.25) is 11.7 Å². The lowest BCUT2D eigenvalue weighted by molar-refractivity contribution is -0.137. The Kier molecular flexibility index (Phi) is 5.25. The standard InChI is InChI=1S/C17H11F5N4O2/c18-11-5-6-13(12(19)7-11)24-16(27)23-8-14-25-15(26-28-14)9-1-3-10(4-2-9)17(20,21)22/h1-7H,8H2,(H2,23,24,27). The molecule has 0 fully saturated rings. The van der Waals surface area contributed by atoms with Gasteiger partial charge < -0.3 is 15.2 Å². The molecule has 0 spiro atoms. The van der Waals surface area contributed by atoms with Crippen molar-refractivity contribution in [2.24, 2.45) is 0 Å². The van der Waals surface area contributed by atoms with Gasteiger partial charge in [0.15, 0.2) is 0 Å². The average molecular weight is 398 g/mol. The van der Waals surface area contributed by atoms with E-state index in [1.54, 1.807) is 0 Å². The third-order valence-electron chi connectivity index (χ3n) is 3.52. The highest BCUT2D eigenvalue weighted by Crippen LogP contribution is 2.30. The molecule has 6 nitrogen and oxygen atoms in total. The van der Waals surface area contributed by atoms with Crippen LogP contribution in [0.3, 0.4) is 0 Å². The first kappa shape index (κ1) is 19.3. The summed E-state index contributed by atoms with van der Waals surface area (Å²) >= 11 is 0. The number of aromatic nitrogens is 2. The quantitative estimate of drug-likeness (QED) is 0.641. The maximum atomic E-state index is 13.5. The van der Waals surface area contributed by atoms with Crippen molar-refractivity contribution in [3.63, 3.8) is 0 Å². The zero-order chi connectivity index (χ0) is 20.3. The summed E-state index contributed by atoms with van der Waals surface area (Å²) in [5, 5.41) is 8.13. The highest BCUT2D eigenvalue weighted by atomic mass is 19.4. The topological polar surface area (TPSA) is 80.1 Å². The molecule has 3 aromatic rings. The van der Waals surface area contributed by atoms with Gasteiger partial charge in [-0.05, 0) is 24.3 Å². The molecule has 0 aliphatic heterocycles. The third kappa shape index (κ3) is 4.61. The summed E-state index contributed by atoms with van der Waals surface area (Å²) in [6, 6.07) is 5.99. The highest BCUT2D eigenvalue weighted by molar-refractivity contribution is 5.89. The molecule has 0 unspecified atom stereocenters. The predicted octanol–water partition coefficient (Wildman–Crippen LogP) is 4.36. The largest absolute Gasteiger partial charge is 0.416 e. The Balaban J connectivity index is 1.59. The van der Waals surface area contributed by atoms with Crippen molar-refractivity contribution >= 4 is 11.7 Å². The van der Waals surface area contributed by atoms with Crippen LogP contribution in [0, 0.1) is 11.6 Å². The van der Waals surface area contributed by atoms with Gasteiger partial charge in [-0.3, -0.25) is 0 Å². The lowest BCUT2D eigenvalue weighted by Crippen LogP contribution is -2.28. The molecule has 146 valence electrons. The lowest BCUT2D eigenvalue weighted by Gasteiger charge is -2.06. The fourth-order valence-corrected chi connectivity index (χ4v) is 2.17. The molecule has 28 heavy (non-hydrogen) atoms. The minimum absolute atomic E-state index is 0.0235. The van der Waals surface area contributed by atoms with E-state index in [0.29, 0.717) is 11.6 Å². The molecule has 0 bridgehead atoms. The molecule has 11 heteroatoms. The molecule has 0 radical (unpaired) electrons. The van der Waals surface area contributed by atoms with Gasteiger partial charge in [-0.25, -0.2) is 13.6 Å². The summed E-state index contributed by atoms with van der Waals surface area (Å²) in [5.74, 6) is -1.72. The fraction of sp³-hybridized carbons (Fsp3) is 0.118. The summed E-state index contributed by atoms with van der Waals surface area (Å²) in [6.45, 7) is -0.220. The van der Waals surface area contributed by atoms with Crippen LogP contribution in [0.25, 0.3) is 11.4 Å². The van der Waals surface area contributed by atoms with E-state index >= 15 is 0 Å². The van der Waals surface area contributed by atoms with E-state index in [0.717, 1.165) is 24.3 Å². The fourth-order valence-electron chi connectivity index (χ4n) is 2.17. The number of nitrogens with one attached hydrogen (secondary N) is 2. The highest BCUT2D eigenvalue weighted by Gasteiger charge is 2.30. The number of alkyl halides is 3. The monoisotopic (exact) mass is 398 g/mol. The van der Waals surface area contributed by atoms with Gasteiger partial charge in [-0.2, -0.15) is 18.2 Å². The number of rotatable bonds is 4. The minimum Gasteiger partial charge on any atom is -0.337 e. The Morgan fingerprint density at radius 2 is 1.79 bits per heavy atom. The van der Waals surface area contributed by atoms with Gasteiger partial charge in [0, 0.05) is 11.6 Å². The Morgan fingerprint density at radius 3 is 2.43 bits per heavy atom. The van der Waals surface area contributed by atoms with Crippen molar-refractivity contribution in [1.29, 1.82) is 0 Å². The summed E-state index contributed by atoms with van der Waals surface area (Å²) in [4.78, 5) is 15.7. The summed E-state index contributed by atoms with van der Waals surface area (Å²) < 4.78 is 68.9. The zero-order valence-corrected chi connectivity index (χ0v) is 13.8. The van der Waals surface area contributed by atoms with E-state index < -0.39 is 29.4 Å². The Bertz CT molecular complexity index is 986. The number of nitrogens with zero attached hydrogens (tertiary/aromatic N) is 2. The van der Waals surface area contributed by atoms with Gasteiger partial charge in [0.25, 0.3) is 0 Å². The van der Waals surface area contributed by atoms with Crippen molar-refractivity contribution in [2.45, 2.75) is 12.7 Å². The number of carbonyl (C=O) groups excluding carboxylic acids is 1. The van der Waals surface area contributed by atoms with Crippen molar-refractivity contribution in [3.05, 3.63) is 65.6 Å². The van der Waals surface area contributed by atoms with Crippen LogP contribution in [0.4, 0.5) is 32.4 Å². The molecule has 2 aromatic carbocycles. The molecule has 1 aromatic heterocycles. The number of urea groups is 1. The molecule has 0 atom stereocenters. The van der Waals surface area contributed by atoms with Gasteiger partial charge in [-0.15, -0.1) is 0 Å². The van der Waals surface area contributed by atoms with Crippen LogP contribution in [0.15, 0.2) is 47.0 Å². The van der Waals surface area contributed by atoms with Gasteiger partial charge >= 0.3 is 12.2 Å². The number of anilines is 1. The maximum Gasteiger partial charge on any atom is 0.416 e. The molecule has 0 saturated heterocycles. The molecule has 3 rings (SSSR count). The maximum absolute atomic E-state index is 13.5. The second-order valence-corrected chi connectivity index (χ2v) is 5.52. The minimum atomic E-state index is -4.46. The van der Waals surface area contributed by atoms with E-state index in [-0.39, 0.29) is 23.9 Å². The molecular weight excluding hydrogens is 387 g/mol. The molecule has 2 amide bonds. The second-order valence-electron chi connectivity index (χ2n) is 5.52. The zero-order valence-electron chi connectivity index (χ0n) is 13.8. The number of carbonyl (C=O) groups is 1. The molecule has 1 heterocycles. The molecule has 0 saturated carbocycles.